The van der Waals surface area contributed by atoms with Gasteiger partial charge in [-0.3, -0.25) is 14.5 Å². The molecule has 1 fully saturated rings. The molecule has 178 valence electrons. The molecule has 2 aliphatic heterocycles. The Labute approximate surface area is 209 Å². The summed E-state index contributed by atoms with van der Waals surface area (Å²) < 4.78 is 11.3. The molecule has 0 atom stereocenters. The van der Waals surface area contributed by atoms with Gasteiger partial charge in [-0.05, 0) is 49.1 Å². The summed E-state index contributed by atoms with van der Waals surface area (Å²) in [4.78, 5) is 29.6. The maximum Gasteiger partial charge on any atom is 0.266 e. The number of benzene rings is 2. The molecule has 4 rings (SSSR count). The number of rotatable bonds is 10. The van der Waals surface area contributed by atoms with Crippen LogP contribution in [0.5, 0.6) is 11.5 Å². The van der Waals surface area contributed by atoms with Crippen LogP contribution in [0, 0.1) is 0 Å². The normalized spacial score (nSPS) is 15.9. The zero-order valence-electron chi connectivity index (χ0n) is 19.2. The molecule has 0 aliphatic carbocycles. The molecule has 0 bridgehead atoms. The van der Waals surface area contributed by atoms with Gasteiger partial charge in [0.2, 0.25) is 12.7 Å². The molecule has 2 aliphatic rings. The number of thioether (sulfide) groups is 1. The Morgan fingerprint density at radius 2 is 1.91 bits per heavy atom. The lowest BCUT2D eigenvalue weighted by Crippen LogP contribution is -2.30. The molecule has 2 amide bonds. The van der Waals surface area contributed by atoms with Crippen molar-refractivity contribution in [1.29, 1.82) is 0 Å². The summed E-state index contributed by atoms with van der Waals surface area (Å²) in [6.07, 6.45) is 4.83. The summed E-state index contributed by atoms with van der Waals surface area (Å²) in [5.74, 6) is 1.50. The van der Waals surface area contributed by atoms with Crippen LogP contribution in [0.25, 0.3) is 6.08 Å². The summed E-state index contributed by atoms with van der Waals surface area (Å²) in [5.41, 5.74) is 2.01. The number of carbonyl (C=O) groups is 2. The van der Waals surface area contributed by atoms with Gasteiger partial charge in [-0.15, -0.1) is 0 Å². The highest BCUT2D eigenvalue weighted by Gasteiger charge is 2.31. The lowest BCUT2D eigenvalue weighted by molar-refractivity contribution is -0.131. The Bertz CT molecular complexity index is 1090. The third-order valence-electron chi connectivity index (χ3n) is 5.79. The number of hydrogen-bond acceptors (Lipinski definition) is 6. The molecule has 2 aromatic rings. The topological polar surface area (TPSA) is 59.1 Å². The molecule has 0 spiro atoms. The third-order valence-corrected chi connectivity index (χ3v) is 7.17. The minimum atomic E-state index is -0.0660. The van der Waals surface area contributed by atoms with Crippen molar-refractivity contribution in [3.8, 4) is 11.5 Å². The average molecular weight is 497 g/mol. The van der Waals surface area contributed by atoms with Gasteiger partial charge in [-0.25, -0.2) is 0 Å². The van der Waals surface area contributed by atoms with Crippen molar-refractivity contribution in [2.75, 3.05) is 19.9 Å². The first-order valence-electron chi connectivity index (χ1n) is 11.5. The Morgan fingerprint density at radius 1 is 1.12 bits per heavy atom. The molecule has 2 heterocycles. The van der Waals surface area contributed by atoms with Gasteiger partial charge >= 0.3 is 0 Å². The van der Waals surface area contributed by atoms with E-state index in [2.05, 4.69) is 0 Å². The fourth-order valence-electron chi connectivity index (χ4n) is 3.91. The fraction of sp³-hybridized carbons (Fsp3) is 0.346. The number of hydrogen-bond donors (Lipinski definition) is 0. The van der Waals surface area contributed by atoms with Crippen molar-refractivity contribution in [3.05, 3.63) is 64.6 Å². The molecule has 0 N–H and O–H groups in total. The Hall–Kier alpha value is -2.84. The molecule has 1 saturated heterocycles. The number of thiocarbonyl (C=S) groups is 1. The summed E-state index contributed by atoms with van der Waals surface area (Å²) in [6, 6.07) is 15.6. The van der Waals surface area contributed by atoms with E-state index in [9.17, 15) is 9.59 Å². The number of ether oxygens (including phenoxy) is 2. The second-order valence-electron chi connectivity index (χ2n) is 8.15. The molecule has 34 heavy (non-hydrogen) atoms. The van der Waals surface area contributed by atoms with Crippen LogP contribution >= 0.6 is 24.0 Å². The van der Waals surface area contributed by atoms with Gasteiger partial charge < -0.3 is 14.4 Å². The largest absolute Gasteiger partial charge is 0.454 e. The fourth-order valence-corrected chi connectivity index (χ4v) is 5.22. The predicted octanol–water partition coefficient (Wildman–Crippen LogP) is 5.23. The van der Waals surface area contributed by atoms with Crippen LogP contribution in [0.1, 0.15) is 43.7 Å². The minimum Gasteiger partial charge on any atom is -0.454 e. The Balaban J connectivity index is 1.22. The van der Waals surface area contributed by atoms with Gasteiger partial charge in [-0.2, -0.15) is 0 Å². The third kappa shape index (κ3) is 5.98. The van der Waals surface area contributed by atoms with Crippen LogP contribution in [0.15, 0.2) is 53.4 Å². The molecule has 0 saturated carbocycles. The zero-order chi connectivity index (χ0) is 23.9. The maximum atomic E-state index is 12.9. The van der Waals surface area contributed by atoms with Crippen molar-refractivity contribution in [1.82, 2.24) is 9.80 Å². The minimum absolute atomic E-state index is 0.0660. The van der Waals surface area contributed by atoms with E-state index in [1.165, 1.54) is 11.8 Å². The number of amides is 2. The van der Waals surface area contributed by atoms with Crippen LogP contribution < -0.4 is 9.47 Å². The van der Waals surface area contributed by atoms with Gasteiger partial charge in [-0.1, -0.05) is 66.8 Å². The first-order chi connectivity index (χ1) is 16.5. The van der Waals surface area contributed by atoms with Crippen molar-refractivity contribution in [2.24, 2.45) is 0 Å². The molecule has 8 heteroatoms. The van der Waals surface area contributed by atoms with E-state index in [1.54, 1.807) is 4.90 Å². The van der Waals surface area contributed by atoms with E-state index in [0.29, 0.717) is 46.8 Å². The standard InChI is InChI=1S/C26H28N2O4S2/c1-2-27(17-19-9-5-3-6-10-19)24(29)11-7-4-8-14-28-25(30)23(34-26(28)33)16-20-12-13-21-22(15-20)32-18-31-21/h3,5-6,9-10,12-13,15-16H,2,4,7-8,11,14,17-18H2,1H3/b23-16-. The van der Waals surface area contributed by atoms with Gasteiger partial charge in [0.15, 0.2) is 11.5 Å². The van der Waals surface area contributed by atoms with Crippen LogP contribution in [-0.4, -0.2) is 45.8 Å². The van der Waals surface area contributed by atoms with E-state index in [4.69, 9.17) is 21.7 Å². The summed E-state index contributed by atoms with van der Waals surface area (Å²) in [6.45, 7) is 4.13. The monoisotopic (exact) mass is 496 g/mol. The van der Waals surface area contributed by atoms with Gasteiger partial charge in [0, 0.05) is 26.1 Å². The van der Waals surface area contributed by atoms with Crippen molar-refractivity contribution < 1.29 is 19.1 Å². The van der Waals surface area contributed by atoms with Crippen LogP contribution in [0.4, 0.5) is 0 Å². The highest BCUT2D eigenvalue weighted by molar-refractivity contribution is 8.26. The number of carbonyl (C=O) groups excluding carboxylic acids is 2. The van der Waals surface area contributed by atoms with Gasteiger partial charge in [0.25, 0.3) is 5.91 Å². The van der Waals surface area contributed by atoms with Crippen molar-refractivity contribution in [3.63, 3.8) is 0 Å². The molecule has 0 aromatic heterocycles. The SMILES string of the molecule is CCN(Cc1ccccc1)C(=O)CCCCCN1C(=O)/C(=C/c2ccc3c(c2)OCO3)SC1=S. The second-order valence-corrected chi connectivity index (χ2v) is 9.83. The molecular weight excluding hydrogens is 468 g/mol. The van der Waals surface area contributed by atoms with E-state index in [0.717, 1.165) is 30.4 Å². The van der Waals surface area contributed by atoms with Crippen molar-refractivity contribution in [2.45, 2.75) is 39.2 Å². The molecule has 0 unspecified atom stereocenters. The quantitative estimate of drug-likeness (QED) is 0.255. The average Bonchev–Trinajstić information content (AvgIpc) is 3.42. The van der Waals surface area contributed by atoms with Crippen molar-refractivity contribution >= 4 is 46.2 Å². The maximum absolute atomic E-state index is 12.9. The highest BCUT2D eigenvalue weighted by Crippen LogP contribution is 2.36. The van der Waals surface area contributed by atoms with Gasteiger partial charge in [0.1, 0.15) is 4.32 Å². The first kappa shape index (κ1) is 24.3. The lowest BCUT2D eigenvalue weighted by atomic mass is 10.1. The van der Waals surface area contributed by atoms with E-state index in [1.807, 2.05) is 66.4 Å². The number of fused-ring (bicyclic) bond motifs is 1. The zero-order valence-corrected chi connectivity index (χ0v) is 20.8. The summed E-state index contributed by atoms with van der Waals surface area (Å²) >= 11 is 6.77. The summed E-state index contributed by atoms with van der Waals surface area (Å²) in [7, 11) is 0. The molecule has 6 nitrogen and oxygen atoms in total. The predicted molar refractivity (Wildman–Crippen MR) is 138 cm³/mol. The Morgan fingerprint density at radius 3 is 2.71 bits per heavy atom. The van der Waals surface area contributed by atoms with Crippen LogP contribution in [-0.2, 0) is 16.1 Å². The molecule has 2 aromatic carbocycles. The smallest absolute Gasteiger partial charge is 0.266 e. The highest BCUT2D eigenvalue weighted by atomic mass is 32.2. The number of nitrogens with zero attached hydrogens (tertiary/aromatic N) is 2. The summed E-state index contributed by atoms with van der Waals surface area (Å²) in [5, 5.41) is 0. The number of unbranched alkanes of at least 4 members (excludes halogenated alkanes) is 2. The second kappa shape index (κ2) is 11.5. The lowest BCUT2D eigenvalue weighted by Gasteiger charge is -2.21. The van der Waals surface area contributed by atoms with E-state index in [-0.39, 0.29) is 18.6 Å². The van der Waals surface area contributed by atoms with Crippen LogP contribution in [0.2, 0.25) is 0 Å². The molecular formula is C26H28N2O4S2. The first-order valence-corrected chi connectivity index (χ1v) is 12.7. The van der Waals surface area contributed by atoms with E-state index < -0.39 is 0 Å². The Kier molecular flexibility index (Phi) is 8.24. The molecule has 0 radical (unpaired) electrons. The van der Waals surface area contributed by atoms with Crippen LogP contribution in [0.3, 0.4) is 0 Å². The van der Waals surface area contributed by atoms with E-state index >= 15 is 0 Å². The van der Waals surface area contributed by atoms with Gasteiger partial charge in [0.05, 0.1) is 4.91 Å².